The Hall–Kier alpha value is -1.62. The number of nitrogens with one attached hydrogen (secondary N) is 1. The van der Waals surface area contributed by atoms with Crippen LogP contribution in [-0.2, 0) is 4.79 Å². The fraction of sp³-hybridized carbons (Fsp3) is 0.533. The highest BCUT2D eigenvalue weighted by Gasteiger charge is 2.21. The van der Waals surface area contributed by atoms with Crippen LogP contribution in [-0.4, -0.2) is 30.4 Å². The summed E-state index contributed by atoms with van der Waals surface area (Å²) in [4.78, 5) is 14.1. The van der Waals surface area contributed by atoms with Crippen molar-refractivity contribution >= 4 is 17.3 Å². The normalized spacial score (nSPS) is 15.2. The van der Waals surface area contributed by atoms with E-state index in [9.17, 15) is 9.18 Å². The Bertz CT molecular complexity index is 474. The lowest BCUT2D eigenvalue weighted by Gasteiger charge is -2.34. The monoisotopic (exact) mass is 279 g/mol. The highest BCUT2D eigenvalue weighted by Crippen LogP contribution is 2.23. The van der Waals surface area contributed by atoms with Crippen LogP contribution >= 0.6 is 0 Å². The minimum Gasteiger partial charge on any atom is -0.399 e. The van der Waals surface area contributed by atoms with Gasteiger partial charge in [-0.25, -0.2) is 4.39 Å². The molecule has 0 heterocycles. The van der Waals surface area contributed by atoms with Gasteiger partial charge < -0.3 is 16.0 Å². The molecule has 0 unspecified atom stereocenters. The molecule has 3 N–H and O–H groups in total. The Kier molecular flexibility index (Phi) is 4.95. The molecule has 1 aromatic carbocycles. The van der Waals surface area contributed by atoms with Gasteiger partial charge in [-0.1, -0.05) is 6.42 Å². The molecule has 1 aromatic rings. The Labute approximate surface area is 119 Å². The Morgan fingerprint density at radius 1 is 1.50 bits per heavy atom. The van der Waals surface area contributed by atoms with Crippen LogP contribution in [0.15, 0.2) is 18.2 Å². The van der Waals surface area contributed by atoms with E-state index < -0.39 is 5.82 Å². The number of amides is 1. The van der Waals surface area contributed by atoms with Gasteiger partial charge in [0.05, 0.1) is 5.69 Å². The van der Waals surface area contributed by atoms with Gasteiger partial charge in [0.15, 0.2) is 0 Å². The molecule has 0 bridgehead atoms. The molecule has 0 atom stereocenters. The first-order valence-electron chi connectivity index (χ1n) is 7.11. The van der Waals surface area contributed by atoms with Crippen molar-refractivity contribution in [1.82, 2.24) is 4.90 Å². The van der Waals surface area contributed by atoms with Gasteiger partial charge in [-0.2, -0.15) is 0 Å². The number of nitrogen functional groups attached to an aromatic ring is 1. The number of benzene rings is 1. The number of hydrogen-bond acceptors (Lipinski definition) is 3. The van der Waals surface area contributed by atoms with Crippen molar-refractivity contribution in [3.8, 4) is 0 Å². The molecule has 2 rings (SSSR count). The molecule has 4 nitrogen and oxygen atoms in total. The number of carbonyl (C=O) groups is 1. The maximum absolute atomic E-state index is 13.5. The number of halogens is 1. The van der Waals surface area contributed by atoms with Crippen molar-refractivity contribution in [2.75, 3.05) is 24.6 Å². The molecule has 0 saturated heterocycles. The number of rotatable bonds is 6. The molecule has 0 radical (unpaired) electrons. The lowest BCUT2D eigenvalue weighted by molar-refractivity contribution is -0.116. The van der Waals surface area contributed by atoms with E-state index in [1.165, 1.54) is 37.5 Å². The summed E-state index contributed by atoms with van der Waals surface area (Å²) in [6, 6.07) is 4.85. The van der Waals surface area contributed by atoms with Gasteiger partial charge in [0, 0.05) is 18.2 Å². The van der Waals surface area contributed by atoms with Gasteiger partial charge in [-0.3, -0.25) is 4.79 Å². The van der Waals surface area contributed by atoms with Crippen molar-refractivity contribution in [3.63, 3.8) is 0 Å². The van der Waals surface area contributed by atoms with E-state index in [-0.39, 0.29) is 11.6 Å². The molecule has 1 saturated carbocycles. The number of carbonyl (C=O) groups excluding carboxylic acids is 1. The van der Waals surface area contributed by atoms with Gasteiger partial charge in [0.1, 0.15) is 5.82 Å². The fourth-order valence-corrected chi connectivity index (χ4v) is 2.35. The van der Waals surface area contributed by atoms with Gasteiger partial charge >= 0.3 is 0 Å². The van der Waals surface area contributed by atoms with E-state index in [1.54, 1.807) is 0 Å². The van der Waals surface area contributed by atoms with E-state index in [0.717, 1.165) is 13.0 Å². The smallest absolute Gasteiger partial charge is 0.224 e. The van der Waals surface area contributed by atoms with Crippen molar-refractivity contribution in [3.05, 3.63) is 24.0 Å². The molecular weight excluding hydrogens is 257 g/mol. The summed E-state index contributed by atoms with van der Waals surface area (Å²) in [7, 11) is 2.10. The van der Waals surface area contributed by atoms with E-state index in [0.29, 0.717) is 18.2 Å². The molecule has 110 valence electrons. The van der Waals surface area contributed by atoms with E-state index >= 15 is 0 Å². The van der Waals surface area contributed by atoms with Crippen LogP contribution in [0.2, 0.25) is 0 Å². The molecule has 0 aromatic heterocycles. The van der Waals surface area contributed by atoms with Crippen LogP contribution in [0.5, 0.6) is 0 Å². The van der Waals surface area contributed by atoms with E-state index in [2.05, 4.69) is 17.3 Å². The topological polar surface area (TPSA) is 58.4 Å². The predicted octanol–water partition coefficient (Wildman–Crippen LogP) is 2.61. The maximum atomic E-state index is 13.5. The Morgan fingerprint density at radius 3 is 2.90 bits per heavy atom. The molecule has 5 heteroatoms. The fourth-order valence-electron chi connectivity index (χ4n) is 2.35. The molecule has 1 aliphatic rings. The third-order valence-corrected chi connectivity index (χ3v) is 3.88. The molecule has 1 aliphatic carbocycles. The first-order valence-corrected chi connectivity index (χ1v) is 7.11. The van der Waals surface area contributed by atoms with Gasteiger partial charge in [-0.05, 0) is 51.1 Å². The first kappa shape index (κ1) is 14.8. The molecule has 0 aliphatic heterocycles. The minimum atomic E-state index is -0.459. The van der Waals surface area contributed by atoms with E-state index in [4.69, 9.17) is 5.73 Å². The SMILES string of the molecule is CN(CCCC(=O)Nc1cc(N)ccc1F)C1CCC1. The van der Waals surface area contributed by atoms with Gasteiger partial charge in [0.25, 0.3) is 0 Å². The zero-order valence-corrected chi connectivity index (χ0v) is 11.9. The third kappa shape index (κ3) is 3.93. The highest BCUT2D eigenvalue weighted by atomic mass is 19.1. The summed E-state index contributed by atoms with van der Waals surface area (Å²) in [6.07, 6.45) is 5.01. The predicted molar refractivity (Wildman–Crippen MR) is 78.9 cm³/mol. The first-order chi connectivity index (χ1) is 9.56. The van der Waals surface area contributed by atoms with Crippen LogP contribution in [0, 0.1) is 5.82 Å². The standard InChI is InChI=1S/C15H22FN3O/c1-19(12-4-2-5-12)9-3-6-15(20)18-14-10-11(17)7-8-13(14)16/h7-8,10,12H,2-6,9,17H2,1H3,(H,18,20). The third-order valence-electron chi connectivity index (χ3n) is 3.88. The molecule has 20 heavy (non-hydrogen) atoms. The summed E-state index contributed by atoms with van der Waals surface area (Å²) in [6.45, 7) is 0.900. The Morgan fingerprint density at radius 2 is 2.25 bits per heavy atom. The van der Waals surface area contributed by atoms with Crippen LogP contribution in [0.4, 0.5) is 15.8 Å². The summed E-state index contributed by atoms with van der Waals surface area (Å²) >= 11 is 0. The van der Waals surface area contributed by atoms with Crippen molar-refractivity contribution in [1.29, 1.82) is 0 Å². The second-order valence-corrected chi connectivity index (χ2v) is 5.46. The van der Waals surface area contributed by atoms with Gasteiger partial charge in [-0.15, -0.1) is 0 Å². The number of hydrogen-bond donors (Lipinski definition) is 2. The van der Waals surface area contributed by atoms with Crippen LogP contribution in [0.25, 0.3) is 0 Å². The second kappa shape index (κ2) is 6.70. The summed E-state index contributed by atoms with van der Waals surface area (Å²) in [5.41, 5.74) is 6.16. The van der Waals surface area contributed by atoms with Crippen molar-refractivity contribution < 1.29 is 9.18 Å². The number of nitrogens with two attached hydrogens (primary N) is 1. The average molecular weight is 279 g/mol. The quantitative estimate of drug-likeness (QED) is 0.787. The van der Waals surface area contributed by atoms with Crippen LogP contribution in [0.3, 0.4) is 0 Å². The van der Waals surface area contributed by atoms with Gasteiger partial charge in [0.2, 0.25) is 5.91 Å². The van der Waals surface area contributed by atoms with Crippen molar-refractivity contribution in [2.24, 2.45) is 0 Å². The molecule has 1 amide bonds. The Balaban J connectivity index is 1.73. The molecule has 0 spiro atoms. The zero-order valence-electron chi connectivity index (χ0n) is 11.9. The molecule has 1 fully saturated rings. The highest BCUT2D eigenvalue weighted by molar-refractivity contribution is 5.91. The largest absolute Gasteiger partial charge is 0.399 e. The second-order valence-electron chi connectivity index (χ2n) is 5.46. The number of nitrogens with zero attached hydrogens (tertiary/aromatic N) is 1. The van der Waals surface area contributed by atoms with E-state index in [1.807, 2.05) is 0 Å². The molecular formula is C15H22FN3O. The van der Waals surface area contributed by atoms with Crippen LogP contribution < -0.4 is 11.1 Å². The number of anilines is 2. The summed E-state index contributed by atoms with van der Waals surface area (Å²) in [5.74, 6) is -0.629. The van der Waals surface area contributed by atoms with Crippen molar-refractivity contribution in [2.45, 2.75) is 38.1 Å². The average Bonchev–Trinajstić information content (AvgIpc) is 2.31. The van der Waals surface area contributed by atoms with Crippen LogP contribution in [0.1, 0.15) is 32.1 Å². The summed E-state index contributed by atoms with van der Waals surface area (Å²) < 4.78 is 13.5. The lowest BCUT2D eigenvalue weighted by atomic mass is 9.92. The lowest BCUT2D eigenvalue weighted by Crippen LogP contribution is -2.37. The maximum Gasteiger partial charge on any atom is 0.224 e. The zero-order chi connectivity index (χ0) is 14.5. The minimum absolute atomic E-state index is 0.155. The summed E-state index contributed by atoms with van der Waals surface area (Å²) in [5, 5.41) is 2.57.